The highest BCUT2D eigenvalue weighted by atomic mass is 16.5. The molecule has 1 aliphatic rings. The molecule has 2 rings (SSSR count). The van der Waals surface area contributed by atoms with Crippen molar-refractivity contribution in [1.29, 1.82) is 0 Å². The number of hydrogen-bond acceptors (Lipinski definition) is 5. The molecule has 1 amide bonds. The fourth-order valence-electron chi connectivity index (χ4n) is 3.05. The number of carboxylic acids is 1. The molecule has 1 aromatic rings. The van der Waals surface area contributed by atoms with Gasteiger partial charge in [0.15, 0.2) is 0 Å². The number of ether oxygens (including phenoxy) is 1. The van der Waals surface area contributed by atoms with E-state index in [9.17, 15) is 19.5 Å². The van der Waals surface area contributed by atoms with Crippen molar-refractivity contribution in [2.75, 3.05) is 13.1 Å². The number of Topliss-reactive ketones (excluding diaryl/α,β-unsaturated/α-hetero) is 1. The number of nitrogens with one attached hydrogen (secondary N) is 2. The zero-order valence-corrected chi connectivity index (χ0v) is 15.0. The number of hydrogen-bond donors (Lipinski definition) is 3. The van der Waals surface area contributed by atoms with Crippen molar-refractivity contribution in [3.8, 4) is 5.75 Å². The third-order valence-electron chi connectivity index (χ3n) is 4.58. The van der Waals surface area contributed by atoms with Crippen LogP contribution < -0.4 is 15.4 Å². The first-order chi connectivity index (χ1) is 12.5. The molecule has 142 valence electrons. The summed E-state index contributed by atoms with van der Waals surface area (Å²) >= 11 is 0. The lowest BCUT2D eigenvalue weighted by atomic mass is 9.93. The number of para-hydroxylation sites is 1. The number of carbonyl (C=O) groups excluding carboxylic acids is 2. The number of piperidine rings is 1. The summed E-state index contributed by atoms with van der Waals surface area (Å²) in [5.74, 6) is -2.09. The highest BCUT2D eigenvalue weighted by Crippen LogP contribution is 2.21. The first-order valence-corrected chi connectivity index (χ1v) is 9.00. The van der Waals surface area contributed by atoms with Crippen molar-refractivity contribution in [2.45, 2.75) is 44.8 Å². The molecule has 1 atom stereocenters. The highest BCUT2D eigenvalue weighted by molar-refractivity contribution is 6.08. The van der Waals surface area contributed by atoms with Crippen LogP contribution in [0.15, 0.2) is 30.3 Å². The van der Waals surface area contributed by atoms with Crippen LogP contribution in [-0.2, 0) is 14.4 Å². The van der Waals surface area contributed by atoms with E-state index in [2.05, 4.69) is 10.6 Å². The number of aliphatic carboxylic acids is 1. The van der Waals surface area contributed by atoms with Crippen molar-refractivity contribution >= 4 is 17.7 Å². The van der Waals surface area contributed by atoms with E-state index in [1.165, 1.54) is 6.92 Å². The minimum atomic E-state index is -2.40. The van der Waals surface area contributed by atoms with Crippen LogP contribution in [0.1, 0.15) is 39.0 Å². The lowest BCUT2D eigenvalue weighted by Gasteiger charge is -2.30. The molecule has 1 saturated heterocycles. The lowest BCUT2D eigenvalue weighted by Crippen LogP contribution is -2.64. The number of carboxylic acid groups (broad SMARTS) is 1. The summed E-state index contributed by atoms with van der Waals surface area (Å²) in [6.45, 7) is 3.39. The van der Waals surface area contributed by atoms with Gasteiger partial charge < -0.3 is 20.5 Å². The second-order valence-corrected chi connectivity index (χ2v) is 6.46. The summed E-state index contributed by atoms with van der Waals surface area (Å²) in [6, 6.07) is 8.16. The van der Waals surface area contributed by atoms with Gasteiger partial charge in [-0.2, -0.15) is 0 Å². The van der Waals surface area contributed by atoms with Crippen LogP contribution in [0.5, 0.6) is 5.75 Å². The minimum absolute atomic E-state index is 0.0757. The summed E-state index contributed by atoms with van der Waals surface area (Å²) in [4.78, 5) is 36.7. The van der Waals surface area contributed by atoms with Crippen LogP contribution in [0.2, 0.25) is 0 Å². The van der Waals surface area contributed by atoms with Gasteiger partial charge in [-0.05, 0) is 50.4 Å². The second kappa shape index (κ2) is 9.33. The second-order valence-electron chi connectivity index (χ2n) is 6.46. The molecule has 3 N–H and O–H groups in total. The highest BCUT2D eigenvalue weighted by Gasteiger charge is 2.49. The van der Waals surface area contributed by atoms with Gasteiger partial charge in [-0.1, -0.05) is 25.1 Å². The van der Waals surface area contributed by atoms with Gasteiger partial charge in [0, 0.05) is 12.8 Å². The van der Waals surface area contributed by atoms with Crippen molar-refractivity contribution in [3.63, 3.8) is 0 Å². The standard InChI is InChI=1S/C19H26N2O5/c1-2-16(22)19(18(24)25,26-15-6-4-3-5-7-15)21-17(23)9-8-14-10-12-20-13-11-14/h3-7,14,20H,2,8-13H2,1H3,(H,21,23)(H,24,25). The predicted molar refractivity (Wildman–Crippen MR) is 95.7 cm³/mol. The SMILES string of the molecule is CCC(=O)C(NC(=O)CCC1CCNCC1)(Oc1ccccc1)C(=O)O. The van der Waals surface area contributed by atoms with Crippen LogP contribution in [0, 0.1) is 5.92 Å². The molecular weight excluding hydrogens is 336 g/mol. The molecular formula is C19H26N2O5. The van der Waals surface area contributed by atoms with E-state index in [-0.39, 0.29) is 18.6 Å². The Morgan fingerprint density at radius 1 is 1.23 bits per heavy atom. The van der Waals surface area contributed by atoms with E-state index >= 15 is 0 Å². The topological polar surface area (TPSA) is 105 Å². The van der Waals surface area contributed by atoms with E-state index in [1.54, 1.807) is 30.3 Å². The Morgan fingerprint density at radius 2 is 1.88 bits per heavy atom. The largest absolute Gasteiger partial charge is 0.476 e. The summed E-state index contributed by atoms with van der Waals surface area (Å²) in [7, 11) is 0. The maximum atomic E-state index is 12.4. The van der Waals surface area contributed by atoms with Crippen LogP contribution in [0.25, 0.3) is 0 Å². The van der Waals surface area contributed by atoms with Gasteiger partial charge in [0.05, 0.1) is 0 Å². The van der Waals surface area contributed by atoms with Gasteiger partial charge in [-0.15, -0.1) is 0 Å². The number of ketones is 1. The molecule has 7 nitrogen and oxygen atoms in total. The summed E-state index contributed by atoms with van der Waals surface area (Å²) in [5.41, 5.74) is -2.40. The average Bonchev–Trinajstić information content (AvgIpc) is 2.66. The normalized spacial score (nSPS) is 17.1. The molecule has 1 heterocycles. The molecule has 1 aromatic carbocycles. The predicted octanol–water partition coefficient (Wildman–Crippen LogP) is 1.72. The Balaban J connectivity index is 2.10. The Hall–Kier alpha value is -2.41. The number of benzene rings is 1. The Labute approximate surface area is 153 Å². The smallest absolute Gasteiger partial charge is 0.378 e. The van der Waals surface area contributed by atoms with Gasteiger partial charge >= 0.3 is 11.7 Å². The molecule has 0 saturated carbocycles. The Morgan fingerprint density at radius 3 is 2.46 bits per heavy atom. The molecule has 7 heteroatoms. The summed E-state index contributed by atoms with van der Waals surface area (Å²) in [5, 5.41) is 15.3. The van der Waals surface area contributed by atoms with Crippen molar-refractivity contribution < 1.29 is 24.2 Å². The van der Waals surface area contributed by atoms with E-state index < -0.39 is 23.4 Å². The zero-order chi connectivity index (χ0) is 19.0. The maximum Gasteiger partial charge on any atom is 0.378 e. The Kier molecular flexibility index (Phi) is 7.15. The molecule has 0 radical (unpaired) electrons. The van der Waals surface area contributed by atoms with Crippen molar-refractivity contribution in [3.05, 3.63) is 30.3 Å². The molecule has 1 aliphatic heterocycles. The van der Waals surface area contributed by atoms with Gasteiger partial charge in [0.2, 0.25) is 11.7 Å². The molecule has 0 spiro atoms. The summed E-state index contributed by atoms with van der Waals surface area (Å²) in [6.07, 6.45) is 2.73. The minimum Gasteiger partial charge on any atom is -0.476 e. The van der Waals surface area contributed by atoms with Gasteiger partial charge in [-0.25, -0.2) is 4.79 Å². The van der Waals surface area contributed by atoms with E-state index in [0.717, 1.165) is 25.9 Å². The Bertz CT molecular complexity index is 628. The van der Waals surface area contributed by atoms with Crippen LogP contribution in [0.4, 0.5) is 0 Å². The molecule has 0 aromatic heterocycles. The van der Waals surface area contributed by atoms with E-state index in [1.807, 2.05) is 0 Å². The lowest BCUT2D eigenvalue weighted by molar-refractivity contribution is -0.168. The molecule has 0 aliphatic carbocycles. The molecule has 0 bridgehead atoms. The fourth-order valence-corrected chi connectivity index (χ4v) is 3.05. The summed E-state index contributed by atoms with van der Waals surface area (Å²) < 4.78 is 5.49. The number of amides is 1. The quantitative estimate of drug-likeness (QED) is 0.456. The fraction of sp³-hybridized carbons (Fsp3) is 0.526. The molecule has 26 heavy (non-hydrogen) atoms. The number of rotatable bonds is 9. The van der Waals surface area contributed by atoms with Crippen molar-refractivity contribution in [1.82, 2.24) is 10.6 Å². The monoisotopic (exact) mass is 362 g/mol. The molecule has 1 unspecified atom stereocenters. The van der Waals surface area contributed by atoms with Crippen LogP contribution >= 0.6 is 0 Å². The van der Waals surface area contributed by atoms with E-state index in [0.29, 0.717) is 12.3 Å². The third kappa shape index (κ3) is 5.05. The van der Waals surface area contributed by atoms with Crippen molar-refractivity contribution in [2.24, 2.45) is 5.92 Å². The average molecular weight is 362 g/mol. The first-order valence-electron chi connectivity index (χ1n) is 9.00. The first kappa shape index (κ1) is 19.9. The maximum absolute atomic E-state index is 12.4. The third-order valence-corrected chi connectivity index (χ3v) is 4.58. The van der Waals surface area contributed by atoms with Crippen LogP contribution in [-0.4, -0.2) is 41.6 Å². The molecule has 1 fully saturated rings. The number of carbonyl (C=O) groups is 3. The van der Waals surface area contributed by atoms with Gasteiger partial charge in [0.25, 0.3) is 0 Å². The van der Waals surface area contributed by atoms with E-state index in [4.69, 9.17) is 4.74 Å². The van der Waals surface area contributed by atoms with Crippen LogP contribution in [0.3, 0.4) is 0 Å². The van der Waals surface area contributed by atoms with Gasteiger partial charge in [0.1, 0.15) is 5.75 Å². The zero-order valence-electron chi connectivity index (χ0n) is 15.0. The van der Waals surface area contributed by atoms with Gasteiger partial charge in [-0.3, -0.25) is 9.59 Å².